The molecule has 7 heteroatoms. The number of aliphatic imine (C=N–C) groups is 1. The highest BCUT2D eigenvalue weighted by Gasteiger charge is 2.37. The van der Waals surface area contributed by atoms with Crippen LogP contribution in [-0.4, -0.2) is 49.0 Å². The molecule has 116 valence electrons. The van der Waals surface area contributed by atoms with E-state index in [-0.39, 0.29) is 19.2 Å². The number of fused-ring (bicyclic) bond motifs is 3. The first-order valence-corrected chi connectivity index (χ1v) is 7.58. The molecule has 0 unspecified atom stereocenters. The third kappa shape index (κ3) is 2.54. The lowest BCUT2D eigenvalue weighted by atomic mass is 10.1. The highest BCUT2D eigenvalue weighted by atomic mass is 35.5. The van der Waals surface area contributed by atoms with E-state index < -0.39 is 5.97 Å². The molecule has 2 aliphatic heterocycles. The van der Waals surface area contributed by atoms with E-state index in [1.807, 2.05) is 6.07 Å². The van der Waals surface area contributed by atoms with Crippen molar-refractivity contribution in [2.75, 3.05) is 31.1 Å². The maximum Gasteiger partial charge on any atom is 0.330 e. The Morgan fingerprint density at radius 2 is 2.27 bits per heavy atom. The van der Waals surface area contributed by atoms with Crippen molar-refractivity contribution in [3.63, 3.8) is 0 Å². The summed E-state index contributed by atoms with van der Waals surface area (Å²) in [6, 6.07) is 5.01. The smallest absolute Gasteiger partial charge is 0.330 e. The monoisotopic (exact) mass is 321 g/mol. The number of carbonyl (C=O) groups excluding carboxylic acids is 2. The van der Waals surface area contributed by atoms with Crippen LogP contribution >= 0.6 is 11.6 Å². The second-order valence-electron chi connectivity index (χ2n) is 5.05. The molecule has 0 saturated carbocycles. The number of benzene rings is 1. The van der Waals surface area contributed by atoms with E-state index in [0.717, 1.165) is 12.0 Å². The molecule has 0 spiro atoms. The second-order valence-corrected chi connectivity index (χ2v) is 5.48. The molecule has 2 heterocycles. The van der Waals surface area contributed by atoms with Crippen molar-refractivity contribution in [2.24, 2.45) is 4.99 Å². The number of amides is 2. The summed E-state index contributed by atoms with van der Waals surface area (Å²) in [5.41, 5.74) is 1.41. The van der Waals surface area contributed by atoms with Crippen molar-refractivity contribution in [3.8, 4) is 0 Å². The second kappa shape index (κ2) is 5.96. The number of urea groups is 1. The molecule has 2 aliphatic rings. The Morgan fingerprint density at radius 1 is 1.45 bits per heavy atom. The minimum atomic E-state index is -0.445. The predicted molar refractivity (Wildman–Crippen MR) is 83.6 cm³/mol. The maximum absolute atomic E-state index is 12.7. The summed E-state index contributed by atoms with van der Waals surface area (Å²) in [6.07, 6.45) is 0.811. The van der Waals surface area contributed by atoms with Crippen molar-refractivity contribution < 1.29 is 14.3 Å². The van der Waals surface area contributed by atoms with Gasteiger partial charge in [0.25, 0.3) is 0 Å². The number of hydrogen-bond acceptors (Lipinski definition) is 4. The normalized spacial score (nSPS) is 16.8. The number of hydrogen-bond donors (Lipinski definition) is 0. The molecule has 3 rings (SSSR count). The molecule has 0 aromatic heterocycles. The van der Waals surface area contributed by atoms with Gasteiger partial charge in [-0.15, -0.1) is 0 Å². The average Bonchev–Trinajstić information content (AvgIpc) is 2.51. The van der Waals surface area contributed by atoms with Gasteiger partial charge in [0.1, 0.15) is 12.4 Å². The predicted octanol–water partition coefficient (Wildman–Crippen LogP) is 2.30. The molecule has 0 radical (unpaired) electrons. The van der Waals surface area contributed by atoms with Gasteiger partial charge in [-0.1, -0.05) is 11.6 Å². The van der Waals surface area contributed by atoms with Crippen molar-refractivity contribution in [1.82, 2.24) is 4.90 Å². The lowest BCUT2D eigenvalue weighted by Crippen LogP contribution is -2.54. The topological polar surface area (TPSA) is 62.2 Å². The van der Waals surface area contributed by atoms with Gasteiger partial charge < -0.3 is 4.74 Å². The quantitative estimate of drug-likeness (QED) is 0.802. The number of carbonyl (C=O) groups is 2. The summed E-state index contributed by atoms with van der Waals surface area (Å²) < 4.78 is 4.96. The van der Waals surface area contributed by atoms with Crippen LogP contribution in [0.2, 0.25) is 5.02 Å². The van der Waals surface area contributed by atoms with Crippen molar-refractivity contribution in [3.05, 3.63) is 28.8 Å². The van der Waals surface area contributed by atoms with Gasteiger partial charge >= 0.3 is 12.0 Å². The fourth-order valence-electron chi connectivity index (χ4n) is 2.68. The number of anilines is 1. The Labute approximate surface area is 133 Å². The Hall–Kier alpha value is -2.08. The van der Waals surface area contributed by atoms with E-state index >= 15 is 0 Å². The molecular weight excluding hydrogens is 306 g/mol. The van der Waals surface area contributed by atoms with Gasteiger partial charge in [0.15, 0.2) is 0 Å². The molecule has 2 amide bonds. The van der Waals surface area contributed by atoms with E-state index in [1.54, 1.807) is 24.0 Å². The van der Waals surface area contributed by atoms with Gasteiger partial charge in [0.05, 0.1) is 12.3 Å². The van der Waals surface area contributed by atoms with E-state index in [2.05, 4.69) is 4.99 Å². The molecule has 0 fully saturated rings. The number of nitrogens with zero attached hydrogens (tertiary/aromatic N) is 3. The van der Waals surface area contributed by atoms with Crippen LogP contribution in [0.1, 0.15) is 18.9 Å². The summed E-state index contributed by atoms with van der Waals surface area (Å²) in [6.45, 7) is 3.16. The zero-order valence-corrected chi connectivity index (χ0v) is 13.0. The SMILES string of the molecule is CCOC(=O)CN1C(=O)N2CCCN=C2c2ccc(Cl)cc21. The number of amidine groups is 1. The molecule has 0 saturated heterocycles. The fraction of sp³-hybridized carbons (Fsp3) is 0.400. The van der Waals surface area contributed by atoms with Gasteiger partial charge in [-0.05, 0) is 31.5 Å². The van der Waals surface area contributed by atoms with E-state index in [1.165, 1.54) is 4.90 Å². The third-order valence-electron chi connectivity index (χ3n) is 3.60. The Morgan fingerprint density at radius 3 is 3.05 bits per heavy atom. The van der Waals surface area contributed by atoms with E-state index in [4.69, 9.17) is 16.3 Å². The van der Waals surface area contributed by atoms with Crippen LogP contribution in [0.4, 0.5) is 10.5 Å². The molecule has 0 atom stereocenters. The number of esters is 1. The van der Waals surface area contributed by atoms with Crippen molar-refractivity contribution >= 4 is 35.1 Å². The number of halogens is 1. The van der Waals surface area contributed by atoms with Gasteiger partial charge in [-0.2, -0.15) is 0 Å². The first kappa shape index (κ1) is 14.8. The van der Waals surface area contributed by atoms with Crippen molar-refractivity contribution in [2.45, 2.75) is 13.3 Å². The van der Waals surface area contributed by atoms with Crippen LogP contribution in [0, 0.1) is 0 Å². The molecule has 1 aromatic carbocycles. The number of ether oxygens (including phenoxy) is 1. The van der Waals surface area contributed by atoms with E-state index in [0.29, 0.717) is 29.6 Å². The summed E-state index contributed by atoms with van der Waals surface area (Å²) in [5, 5.41) is 0.505. The zero-order valence-electron chi connectivity index (χ0n) is 12.2. The summed E-state index contributed by atoms with van der Waals surface area (Å²) in [4.78, 5) is 32.0. The standard InChI is InChI=1S/C15H16ClN3O3/c1-2-22-13(20)9-19-12-8-10(16)4-5-11(12)14-17-6-3-7-18(14)15(19)21/h4-5,8H,2-3,6-7,9H2,1H3. The minimum absolute atomic E-state index is 0.135. The highest BCUT2D eigenvalue weighted by Crippen LogP contribution is 2.32. The average molecular weight is 322 g/mol. The third-order valence-corrected chi connectivity index (χ3v) is 3.84. The van der Waals surface area contributed by atoms with E-state index in [9.17, 15) is 9.59 Å². The Kier molecular flexibility index (Phi) is 4.02. The lowest BCUT2D eigenvalue weighted by Gasteiger charge is -2.38. The molecule has 1 aromatic rings. The van der Waals surface area contributed by atoms with Crippen LogP contribution in [0.15, 0.2) is 23.2 Å². The lowest BCUT2D eigenvalue weighted by molar-refractivity contribution is -0.141. The first-order valence-electron chi connectivity index (χ1n) is 7.21. The summed E-state index contributed by atoms with van der Waals surface area (Å²) in [7, 11) is 0. The highest BCUT2D eigenvalue weighted by molar-refractivity contribution is 6.31. The molecule has 0 bridgehead atoms. The minimum Gasteiger partial charge on any atom is -0.465 e. The van der Waals surface area contributed by atoms with Gasteiger partial charge in [-0.3, -0.25) is 19.6 Å². The molecule has 0 N–H and O–H groups in total. The largest absolute Gasteiger partial charge is 0.465 e. The van der Waals surface area contributed by atoms with Crippen LogP contribution in [-0.2, 0) is 9.53 Å². The van der Waals surface area contributed by atoms with Gasteiger partial charge in [-0.25, -0.2) is 4.79 Å². The first-order chi connectivity index (χ1) is 10.6. The molecule has 6 nitrogen and oxygen atoms in total. The van der Waals surface area contributed by atoms with Gasteiger partial charge in [0.2, 0.25) is 0 Å². The Bertz CT molecular complexity index is 659. The Balaban J connectivity index is 2.04. The summed E-state index contributed by atoms with van der Waals surface area (Å²) in [5.74, 6) is 0.210. The fourth-order valence-corrected chi connectivity index (χ4v) is 2.84. The number of rotatable bonds is 3. The molecular formula is C15H16ClN3O3. The molecule has 0 aliphatic carbocycles. The maximum atomic E-state index is 12.7. The summed E-state index contributed by atoms with van der Waals surface area (Å²) >= 11 is 6.05. The van der Waals surface area contributed by atoms with Crippen LogP contribution < -0.4 is 4.90 Å². The van der Waals surface area contributed by atoms with Crippen LogP contribution in [0.5, 0.6) is 0 Å². The van der Waals surface area contributed by atoms with Crippen molar-refractivity contribution in [1.29, 1.82) is 0 Å². The zero-order chi connectivity index (χ0) is 15.7. The van der Waals surface area contributed by atoms with Crippen LogP contribution in [0.3, 0.4) is 0 Å². The molecule has 22 heavy (non-hydrogen) atoms. The van der Waals surface area contributed by atoms with Crippen LogP contribution in [0.25, 0.3) is 0 Å². The van der Waals surface area contributed by atoms with Gasteiger partial charge in [0, 0.05) is 23.7 Å².